The van der Waals surface area contributed by atoms with Gasteiger partial charge in [0, 0.05) is 67.9 Å². The summed E-state index contributed by atoms with van der Waals surface area (Å²) in [6.07, 6.45) is 0. The SMILES string of the molecule is CC(C)(C)c1ccc(N2c3ccccc3B3c4cc5c(cc4N(c4ccc(C(C)(C)C)cc4)c4cc(C(C)(C)C)cc2c43)N(c2ccc(C(C)(C)C)cc2)c2cccc3c2B5c2oc4ccc(C(C)(C)C)cc4c2N3c2ccc(C(C)(C)C)cc2)cc1. The van der Waals surface area contributed by atoms with Gasteiger partial charge in [0.25, 0.3) is 13.4 Å². The van der Waals surface area contributed by atoms with Gasteiger partial charge in [-0.15, -0.1) is 0 Å². The smallest absolute Gasteiger partial charge is 0.297 e. The fourth-order valence-corrected chi connectivity index (χ4v) is 14.3. The van der Waals surface area contributed by atoms with Gasteiger partial charge < -0.3 is 24.0 Å². The number of hydrogen-bond donors (Lipinski definition) is 0. The Kier molecular flexibility index (Phi) is 12.5. The second-order valence-electron chi connectivity index (χ2n) is 31.6. The van der Waals surface area contributed by atoms with Crippen LogP contribution < -0.4 is 52.6 Å². The molecule has 436 valence electrons. The van der Waals surface area contributed by atoms with Crippen LogP contribution in [-0.2, 0) is 32.5 Å². The zero-order valence-corrected chi connectivity index (χ0v) is 54.7. The van der Waals surface area contributed by atoms with E-state index in [4.69, 9.17) is 4.42 Å². The van der Waals surface area contributed by atoms with Crippen LogP contribution in [0.1, 0.15) is 158 Å². The summed E-state index contributed by atoms with van der Waals surface area (Å²) < 4.78 is 7.62. The van der Waals surface area contributed by atoms with Gasteiger partial charge in [-0.1, -0.05) is 210 Å². The lowest BCUT2D eigenvalue weighted by molar-refractivity contribution is 0.589. The third kappa shape index (κ3) is 9.10. The topological polar surface area (TPSA) is 26.1 Å². The van der Waals surface area contributed by atoms with Crippen molar-refractivity contribution in [1.29, 1.82) is 0 Å². The molecule has 0 saturated heterocycles. The lowest BCUT2D eigenvalue weighted by Gasteiger charge is -2.47. The Morgan fingerprint density at radius 3 is 1.10 bits per heavy atom. The Morgan fingerprint density at radius 1 is 0.276 bits per heavy atom. The molecule has 0 bridgehead atoms. The van der Waals surface area contributed by atoms with Crippen LogP contribution in [-0.4, -0.2) is 13.4 Å². The highest BCUT2D eigenvalue weighted by Gasteiger charge is 2.50. The molecular weight excluding hydrogens is 1050 g/mol. The van der Waals surface area contributed by atoms with Gasteiger partial charge in [0.1, 0.15) is 5.58 Å². The third-order valence-electron chi connectivity index (χ3n) is 19.4. The van der Waals surface area contributed by atoms with Crippen molar-refractivity contribution in [2.75, 3.05) is 19.6 Å². The molecule has 10 aromatic rings. The van der Waals surface area contributed by atoms with Gasteiger partial charge >= 0.3 is 0 Å². The summed E-state index contributed by atoms with van der Waals surface area (Å²) >= 11 is 0. The van der Waals surface area contributed by atoms with Crippen LogP contribution in [0.25, 0.3) is 11.0 Å². The van der Waals surface area contributed by atoms with Crippen molar-refractivity contribution in [3.63, 3.8) is 0 Å². The quantitative estimate of drug-likeness (QED) is 0.164. The molecule has 0 N–H and O–H groups in total. The van der Waals surface area contributed by atoms with E-state index in [0.29, 0.717) is 0 Å². The summed E-state index contributed by atoms with van der Waals surface area (Å²) in [6.45, 7) is 41.3. The van der Waals surface area contributed by atoms with E-state index >= 15 is 0 Å². The largest absolute Gasteiger partial charge is 0.468 e. The molecule has 0 atom stereocenters. The minimum absolute atomic E-state index is 0.00508. The highest BCUT2D eigenvalue weighted by atomic mass is 16.3. The second-order valence-corrected chi connectivity index (χ2v) is 31.6. The van der Waals surface area contributed by atoms with E-state index in [1.807, 2.05) is 0 Å². The van der Waals surface area contributed by atoms with E-state index in [-0.39, 0.29) is 45.9 Å². The molecule has 9 aromatic carbocycles. The maximum absolute atomic E-state index is 7.62. The number of rotatable bonds is 4. The summed E-state index contributed by atoms with van der Waals surface area (Å²) in [5.74, 6) is 0. The molecule has 87 heavy (non-hydrogen) atoms. The first-order chi connectivity index (χ1) is 40.9. The average molecular weight is 1140 g/mol. The Balaban J connectivity index is 1.11. The molecule has 4 aliphatic rings. The third-order valence-corrected chi connectivity index (χ3v) is 19.4. The van der Waals surface area contributed by atoms with Crippen LogP contribution >= 0.6 is 0 Å². The van der Waals surface area contributed by atoms with Crippen molar-refractivity contribution in [3.8, 4) is 0 Å². The molecule has 0 fully saturated rings. The number of nitrogens with zero attached hydrogens (tertiary/aromatic N) is 4. The summed E-state index contributed by atoms with van der Waals surface area (Å²) in [6, 6.07) is 71.0. The molecule has 0 spiro atoms. The van der Waals surface area contributed by atoms with Gasteiger partial charge in [-0.05, 0) is 190 Å². The van der Waals surface area contributed by atoms with Crippen molar-refractivity contribution in [2.45, 2.75) is 157 Å². The zero-order valence-electron chi connectivity index (χ0n) is 54.7. The molecule has 4 aliphatic heterocycles. The number of hydrogen-bond acceptors (Lipinski definition) is 5. The molecule has 14 rings (SSSR count). The van der Waals surface area contributed by atoms with Gasteiger partial charge in [0.15, 0.2) is 0 Å². The number of benzene rings is 9. The molecule has 0 amide bonds. The lowest BCUT2D eigenvalue weighted by atomic mass is 9.31. The molecule has 0 saturated carbocycles. The zero-order chi connectivity index (χ0) is 61.4. The molecule has 7 heteroatoms. The van der Waals surface area contributed by atoms with Gasteiger partial charge in [0.2, 0.25) is 0 Å². The standard InChI is InChI=1S/C80H84B2N4O/c1-75(2,3)49-26-35-55(36-27-49)83-63-23-20-19-22-60(63)81-61-47-62-67(48-66(61)85(57-39-30-51(31-40-57)77(7,8)9)69-46-54(80(16,17)18)45-68(83)72(69)81)84(56-37-28-50(29-38-56)76(4,5)6)64-24-21-25-65-71(64)82(62)74-73(59-44-53(79(13,14)15)34-43-70(59)87-74)86(65)58-41-32-52(33-42-58)78(10,11)12/h19-48H,1-18H3. The van der Waals surface area contributed by atoms with Crippen LogP contribution in [0.15, 0.2) is 186 Å². The van der Waals surface area contributed by atoms with Crippen LogP contribution in [0.5, 0.6) is 0 Å². The summed E-state index contributed by atoms with van der Waals surface area (Å²) in [5.41, 5.74) is 29.6. The first kappa shape index (κ1) is 56.6. The number of anilines is 12. The normalized spacial score (nSPS) is 14.6. The summed E-state index contributed by atoms with van der Waals surface area (Å²) in [4.78, 5) is 10.3. The van der Waals surface area contributed by atoms with E-state index in [0.717, 1.165) is 62.1 Å². The molecule has 0 radical (unpaired) electrons. The summed E-state index contributed by atoms with van der Waals surface area (Å²) in [7, 11) is 0. The van der Waals surface area contributed by atoms with Gasteiger partial charge in [-0.3, -0.25) is 0 Å². The maximum Gasteiger partial charge on any atom is 0.297 e. The monoisotopic (exact) mass is 1140 g/mol. The second kappa shape index (κ2) is 19.2. The van der Waals surface area contributed by atoms with E-state index < -0.39 is 0 Å². The van der Waals surface area contributed by atoms with Crippen LogP contribution in [0, 0.1) is 0 Å². The number of furan rings is 1. The minimum atomic E-state index is -0.257. The van der Waals surface area contributed by atoms with Crippen molar-refractivity contribution in [3.05, 3.63) is 215 Å². The van der Waals surface area contributed by atoms with E-state index in [1.165, 1.54) is 83.4 Å². The van der Waals surface area contributed by atoms with Crippen LogP contribution in [0.4, 0.5) is 68.2 Å². The van der Waals surface area contributed by atoms with Gasteiger partial charge in [-0.2, -0.15) is 0 Å². The van der Waals surface area contributed by atoms with Crippen LogP contribution in [0.3, 0.4) is 0 Å². The van der Waals surface area contributed by atoms with Crippen molar-refractivity contribution in [2.24, 2.45) is 0 Å². The van der Waals surface area contributed by atoms with Crippen molar-refractivity contribution >= 4 is 126 Å². The predicted octanol–water partition coefficient (Wildman–Crippen LogP) is 18.4. The van der Waals surface area contributed by atoms with E-state index in [9.17, 15) is 0 Å². The highest BCUT2D eigenvalue weighted by Crippen LogP contribution is 2.51. The number of fused-ring (bicyclic) bond motifs is 10. The average Bonchev–Trinajstić information content (AvgIpc) is 1.57. The Bertz CT molecular complexity index is 4400. The molecule has 1 aromatic heterocycles. The van der Waals surface area contributed by atoms with Crippen molar-refractivity contribution < 1.29 is 4.42 Å². The number of para-hydroxylation sites is 1. The summed E-state index contributed by atoms with van der Waals surface area (Å²) in [5, 5.41) is 1.13. The first-order valence-corrected chi connectivity index (χ1v) is 31.7. The fraction of sp³-hybridized carbons (Fsp3) is 0.300. The van der Waals surface area contributed by atoms with Gasteiger partial charge in [-0.25, -0.2) is 0 Å². The highest BCUT2D eigenvalue weighted by molar-refractivity contribution is 7.03. The molecule has 5 heterocycles. The maximum atomic E-state index is 7.62. The minimum Gasteiger partial charge on any atom is -0.468 e. The first-order valence-electron chi connectivity index (χ1n) is 31.7. The molecule has 0 aliphatic carbocycles. The predicted molar refractivity (Wildman–Crippen MR) is 376 cm³/mol. The lowest BCUT2D eigenvalue weighted by Crippen LogP contribution is -2.65. The fourth-order valence-electron chi connectivity index (χ4n) is 14.3. The Morgan fingerprint density at radius 2 is 0.644 bits per heavy atom. The van der Waals surface area contributed by atoms with E-state index in [1.54, 1.807) is 0 Å². The molecule has 0 unspecified atom stereocenters. The molecule has 5 nitrogen and oxygen atoms in total. The van der Waals surface area contributed by atoms with Crippen molar-refractivity contribution in [1.82, 2.24) is 0 Å². The van der Waals surface area contributed by atoms with Crippen LogP contribution in [0.2, 0.25) is 0 Å². The Hall–Kier alpha value is -8.15. The van der Waals surface area contributed by atoms with E-state index in [2.05, 4.69) is 326 Å². The molecular formula is C80H84B2N4O. The van der Waals surface area contributed by atoms with Gasteiger partial charge in [0.05, 0.1) is 11.3 Å². The Labute approximate surface area is 519 Å².